The van der Waals surface area contributed by atoms with Crippen LogP contribution in [0, 0.1) is 6.92 Å². The first kappa shape index (κ1) is 13.0. The molecule has 0 unspecified atom stereocenters. The summed E-state index contributed by atoms with van der Waals surface area (Å²) in [5, 5.41) is 11.2. The van der Waals surface area contributed by atoms with Crippen LogP contribution in [0.4, 0.5) is 0 Å². The molecule has 3 heteroatoms. The molecule has 20 heavy (non-hydrogen) atoms. The second kappa shape index (κ2) is 4.82. The van der Waals surface area contributed by atoms with Crippen molar-refractivity contribution < 1.29 is 14.6 Å². The van der Waals surface area contributed by atoms with Gasteiger partial charge in [0.25, 0.3) is 0 Å². The monoisotopic (exact) mass is 270 g/mol. The Morgan fingerprint density at radius 2 is 2.05 bits per heavy atom. The third-order valence-electron chi connectivity index (χ3n) is 4.38. The summed E-state index contributed by atoms with van der Waals surface area (Å²) in [5.41, 5.74) is 2.85. The molecule has 3 nitrogen and oxygen atoms in total. The quantitative estimate of drug-likeness (QED) is 0.912. The lowest BCUT2D eigenvalue weighted by Gasteiger charge is -2.29. The van der Waals surface area contributed by atoms with Crippen LogP contribution in [0.3, 0.4) is 0 Å². The number of rotatable bonds is 3. The Balaban J connectivity index is 2.28. The van der Waals surface area contributed by atoms with Crippen LogP contribution in [0.15, 0.2) is 24.3 Å². The summed E-state index contributed by atoms with van der Waals surface area (Å²) in [5.74, 6) is 0.543. The molecule has 0 aliphatic heterocycles. The van der Waals surface area contributed by atoms with Gasteiger partial charge in [0, 0.05) is 0 Å². The predicted octanol–water partition coefficient (Wildman–Crippen LogP) is 4.12. The van der Waals surface area contributed by atoms with E-state index >= 15 is 0 Å². The zero-order valence-corrected chi connectivity index (χ0v) is 11.8. The SMILES string of the molecule is COc1cc2cc(C(=O)O)ccc2c(C2CCC2)c1C. The molecule has 0 spiro atoms. The number of aromatic carboxylic acids is 1. The maximum absolute atomic E-state index is 11.1. The van der Waals surface area contributed by atoms with Crippen molar-refractivity contribution in [3.8, 4) is 5.75 Å². The smallest absolute Gasteiger partial charge is 0.335 e. The first-order valence-electron chi connectivity index (χ1n) is 6.96. The summed E-state index contributed by atoms with van der Waals surface area (Å²) >= 11 is 0. The lowest BCUT2D eigenvalue weighted by molar-refractivity contribution is 0.0697. The summed E-state index contributed by atoms with van der Waals surface area (Å²) in [6.45, 7) is 2.09. The molecule has 0 aromatic heterocycles. The topological polar surface area (TPSA) is 46.5 Å². The summed E-state index contributed by atoms with van der Waals surface area (Å²) in [4.78, 5) is 11.1. The Morgan fingerprint density at radius 1 is 1.30 bits per heavy atom. The number of methoxy groups -OCH3 is 1. The first-order chi connectivity index (χ1) is 9.61. The molecule has 0 radical (unpaired) electrons. The highest BCUT2D eigenvalue weighted by molar-refractivity contribution is 5.96. The van der Waals surface area contributed by atoms with E-state index in [0.717, 1.165) is 16.5 Å². The molecule has 1 saturated carbocycles. The first-order valence-corrected chi connectivity index (χ1v) is 6.96. The number of carbonyl (C=O) groups is 1. The third kappa shape index (κ3) is 1.94. The van der Waals surface area contributed by atoms with Crippen LogP contribution in [-0.2, 0) is 0 Å². The van der Waals surface area contributed by atoms with Crippen LogP contribution in [0.5, 0.6) is 5.75 Å². The van der Waals surface area contributed by atoms with Gasteiger partial charge in [-0.1, -0.05) is 12.5 Å². The molecule has 0 bridgehead atoms. The van der Waals surface area contributed by atoms with E-state index in [0.29, 0.717) is 11.5 Å². The lowest BCUT2D eigenvalue weighted by atomic mass is 9.76. The van der Waals surface area contributed by atoms with E-state index in [9.17, 15) is 4.79 Å². The van der Waals surface area contributed by atoms with Gasteiger partial charge < -0.3 is 9.84 Å². The maximum atomic E-state index is 11.1. The van der Waals surface area contributed by atoms with Crippen molar-refractivity contribution in [1.29, 1.82) is 0 Å². The standard InChI is InChI=1S/C17H18O3/c1-10-15(20-2)9-13-8-12(17(18)19)6-7-14(13)16(10)11-4-3-5-11/h6-9,11H,3-5H2,1-2H3,(H,18,19). The number of carboxylic acid groups (broad SMARTS) is 1. The van der Waals surface area contributed by atoms with Gasteiger partial charge in [0.15, 0.2) is 0 Å². The number of benzene rings is 2. The fourth-order valence-corrected chi connectivity index (χ4v) is 3.08. The van der Waals surface area contributed by atoms with Crippen molar-refractivity contribution in [3.05, 3.63) is 41.0 Å². The largest absolute Gasteiger partial charge is 0.496 e. The molecule has 0 amide bonds. The fourth-order valence-electron chi connectivity index (χ4n) is 3.08. The van der Waals surface area contributed by atoms with Crippen molar-refractivity contribution in [1.82, 2.24) is 0 Å². The van der Waals surface area contributed by atoms with Crippen LogP contribution in [-0.4, -0.2) is 18.2 Å². The zero-order chi connectivity index (χ0) is 14.3. The number of carboxylic acids is 1. The van der Waals surface area contributed by atoms with E-state index in [2.05, 4.69) is 6.92 Å². The maximum Gasteiger partial charge on any atom is 0.335 e. The van der Waals surface area contributed by atoms with Crippen molar-refractivity contribution in [3.63, 3.8) is 0 Å². The highest BCUT2D eigenvalue weighted by Crippen LogP contribution is 2.44. The van der Waals surface area contributed by atoms with Crippen molar-refractivity contribution in [2.75, 3.05) is 7.11 Å². The second-order valence-electron chi connectivity index (χ2n) is 5.49. The highest BCUT2D eigenvalue weighted by Gasteiger charge is 2.25. The van der Waals surface area contributed by atoms with Gasteiger partial charge in [-0.2, -0.15) is 0 Å². The average Bonchev–Trinajstić information content (AvgIpc) is 2.38. The molecule has 0 heterocycles. The molecular weight excluding hydrogens is 252 g/mol. The number of hydrogen-bond acceptors (Lipinski definition) is 2. The molecule has 2 aromatic carbocycles. The fraction of sp³-hybridized carbons (Fsp3) is 0.353. The normalized spacial score (nSPS) is 15.1. The van der Waals surface area contributed by atoms with Crippen LogP contribution >= 0.6 is 0 Å². The Bertz CT molecular complexity index is 684. The summed E-state index contributed by atoms with van der Waals surface area (Å²) in [6, 6.07) is 7.32. The van der Waals surface area contributed by atoms with Crippen LogP contribution in [0.2, 0.25) is 0 Å². The molecule has 1 aliphatic rings. The van der Waals surface area contributed by atoms with Gasteiger partial charge in [0.05, 0.1) is 12.7 Å². The molecule has 1 aliphatic carbocycles. The van der Waals surface area contributed by atoms with Crippen molar-refractivity contribution >= 4 is 16.7 Å². The number of ether oxygens (including phenoxy) is 1. The molecule has 1 fully saturated rings. The predicted molar refractivity (Wildman–Crippen MR) is 78.8 cm³/mol. The molecular formula is C17H18O3. The highest BCUT2D eigenvalue weighted by atomic mass is 16.5. The number of fused-ring (bicyclic) bond motifs is 1. The molecule has 1 N–H and O–H groups in total. The lowest BCUT2D eigenvalue weighted by Crippen LogP contribution is -2.11. The molecule has 104 valence electrons. The van der Waals surface area contributed by atoms with Crippen molar-refractivity contribution in [2.24, 2.45) is 0 Å². The molecule has 2 aromatic rings. The summed E-state index contributed by atoms with van der Waals surface area (Å²) in [6.07, 6.45) is 3.70. The van der Waals surface area contributed by atoms with Crippen molar-refractivity contribution in [2.45, 2.75) is 32.1 Å². The summed E-state index contributed by atoms with van der Waals surface area (Å²) < 4.78 is 5.47. The van der Waals surface area contributed by atoms with E-state index in [1.165, 1.54) is 30.4 Å². The summed E-state index contributed by atoms with van der Waals surface area (Å²) in [7, 11) is 1.67. The van der Waals surface area contributed by atoms with E-state index in [4.69, 9.17) is 9.84 Å². The molecule has 3 rings (SSSR count). The minimum atomic E-state index is -0.892. The van der Waals surface area contributed by atoms with Gasteiger partial charge in [0.2, 0.25) is 0 Å². The minimum Gasteiger partial charge on any atom is -0.496 e. The Hall–Kier alpha value is -2.03. The minimum absolute atomic E-state index is 0.322. The second-order valence-corrected chi connectivity index (χ2v) is 5.49. The third-order valence-corrected chi connectivity index (χ3v) is 4.38. The van der Waals surface area contributed by atoms with E-state index in [-0.39, 0.29) is 0 Å². The van der Waals surface area contributed by atoms with Crippen LogP contribution in [0.25, 0.3) is 10.8 Å². The van der Waals surface area contributed by atoms with Gasteiger partial charge in [-0.15, -0.1) is 0 Å². The van der Waals surface area contributed by atoms with Gasteiger partial charge >= 0.3 is 5.97 Å². The van der Waals surface area contributed by atoms with E-state index in [1.54, 1.807) is 19.2 Å². The van der Waals surface area contributed by atoms with E-state index < -0.39 is 5.97 Å². The molecule has 0 atom stereocenters. The number of hydrogen-bond donors (Lipinski definition) is 1. The Kier molecular flexibility index (Phi) is 3.13. The molecule has 0 saturated heterocycles. The zero-order valence-electron chi connectivity index (χ0n) is 11.8. The average molecular weight is 270 g/mol. The Morgan fingerprint density at radius 3 is 2.60 bits per heavy atom. The van der Waals surface area contributed by atoms with Gasteiger partial charge in [-0.3, -0.25) is 0 Å². The van der Waals surface area contributed by atoms with E-state index in [1.807, 2.05) is 12.1 Å². The van der Waals surface area contributed by atoms with Crippen LogP contribution < -0.4 is 4.74 Å². The van der Waals surface area contributed by atoms with Crippen LogP contribution in [0.1, 0.15) is 46.7 Å². The Labute approximate surface area is 118 Å². The van der Waals surface area contributed by atoms with Gasteiger partial charge in [-0.25, -0.2) is 4.79 Å². The van der Waals surface area contributed by atoms with Gasteiger partial charge in [0.1, 0.15) is 5.75 Å². The van der Waals surface area contributed by atoms with Gasteiger partial charge in [-0.05, 0) is 65.8 Å².